The topological polar surface area (TPSA) is 52.0 Å². The molecule has 0 atom stereocenters. The van der Waals surface area contributed by atoms with E-state index in [1.54, 1.807) is 0 Å². The molecule has 0 amide bonds. The van der Waals surface area contributed by atoms with E-state index in [2.05, 4.69) is 30.9 Å². The Morgan fingerprint density at radius 2 is 1.71 bits per heavy atom. The van der Waals surface area contributed by atoms with Crippen molar-refractivity contribution in [2.45, 2.75) is 20.8 Å². The van der Waals surface area contributed by atoms with Gasteiger partial charge in [-0.25, -0.2) is 4.99 Å². The smallest absolute Gasteiger partial charge is 0.231 e. The lowest BCUT2D eigenvalue weighted by atomic mass is 9.99. The van der Waals surface area contributed by atoms with E-state index >= 15 is 0 Å². The summed E-state index contributed by atoms with van der Waals surface area (Å²) in [6.07, 6.45) is 0. The lowest BCUT2D eigenvalue weighted by molar-refractivity contribution is -0.341. The lowest BCUT2D eigenvalue weighted by Crippen LogP contribution is -2.58. The van der Waals surface area contributed by atoms with Gasteiger partial charge in [-0.2, -0.15) is 0 Å². The highest BCUT2D eigenvalue weighted by Crippen LogP contribution is 2.33. The molecule has 14 heavy (non-hydrogen) atoms. The maximum atomic E-state index is 6.01. The summed E-state index contributed by atoms with van der Waals surface area (Å²) in [5.41, 5.74) is 12.2. The number of nitrogen functional groups attached to an aromatic ring is 1. The number of hydrogen-bond acceptors (Lipinski definition) is 2. The van der Waals surface area contributed by atoms with E-state index in [9.17, 15) is 0 Å². The molecule has 0 radical (unpaired) electrons. The number of rotatable bonds is 2. The van der Waals surface area contributed by atoms with Crippen molar-refractivity contribution in [1.82, 2.24) is 0 Å². The fourth-order valence-corrected chi connectivity index (χ4v) is 1.66. The molecule has 3 nitrogen and oxygen atoms in total. The van der Waals surface area contributed by atoms with Crippen LogP contribution < -0.4 is 16.0 Å². The van der Waals surface area contributed by atoms with Gasteiger partial charge >= 0.3 is 0 Å². The minimum Gasteiger partial charge on any atom is -0.397 e. The number of anilines is 2. The quantitative estimate of drug-likeness (QED) is 0.476. The van der Waals surface area contributed by atoms with Crippen molar-refractivity contribution in [2.75, 3.05) is 18.1 Å². The molecule has 0 fully saturated rings. The average Bonchev–Trinajstić information content (AvgIpc) is 2.20. The van der Waals surface area contributed by atoms with E-state index in [1.807, 2.05) is 14.0 Å². The summed E-state index contributed by atoms with van der Waals surface area (Å²) in [7, 11) is 1.86. The van der Waals surface area contributed by atoms with Crippen LogP contribution in [0.5, 0.6) is 0 Å². The van der Waals surface area contributed by atoms with Gasteiger partial charge in [-0.1, -0.05) is 0 Å². The van der Waals surface area contributed by atoms with Crippen LogP contribution in [0.25, 0.3) is 0 Å². The normalized spacial score (nSPS) is 10.0. The predicted octanol–water partition coefficient (Wildman–Crippen LogP) is 0.648. The fourth-order valence-electron chi connectivity index (χ4n) is 1.66. The molecule has 0 aliphatic rings. The Balaban J connectivity index is 3.65. The molecule has 0 heterocycles. The first-order valence-corrected chi connectivity index (χ1v) is 4.64. The van der Waals surface area contributed by atoms with Crippen molar-refractivity contribution in [3.05, 3.63) is 16.7 Å². The third-order valence-electron chi connectivity index (χ3n) is 2.85. The first-order valence-electron chi connectivity index (χ1n) is 4.64. The van der Waals surface area contributed by atoms with E-state index in [-0.39, 0.29) is 0 Å². The molecule has 76 valence electrons. The van der Waals surface area contributed by atoms with E-state index < -0.39 is 0 Å². The molecule has 0 bridgehead atoms. The first kappa shape index (κ1) is 10.6. The molecule has 0 aliphatic carbocycles. The molecule has 1 aromatic rings. The van der Waals surface area contributed by atoms with Gasteiger partial charge in [0.05, 0.1) is 5.69 Å². The highest BCUT2D eigenvalue weighted by Gasteiger charge is 2.17. The van der Waals surface area contributed by atoms with Gasteiger partial charge in [-0.15, -0.1) is 0 Å². The van der Waals surface area contributed by atoms with Crippen molar-refractivity contribution in [3.63, 3.8) is 0 Å². The van der Waals surface area contributed by atoms with Crippen molar-refractivity contribution < 1.29 is 4.99 Å². The Labute approximate surface area is 85.0 Å². The SMILES string of the molecule is C=[NH+]c1c(C)c(C)c(C)c(N)c1NC. The Hall–Kier alpha value is -1.51. The number of nitrogens with two attached hydrogens (primary N) is 1. The van der Waals surface area contributed by atoms with Gasteiger partial charge in [0, 0.05) is 12.6 Å². The highest BCUT2D eigenvalue weighted by molar-refractivity contribution is 5.82. The molecule has 0 aromatic heterocycles. The van der Waals surface area contributed by atoms with Gasteiger partial charge in [0.2, 0.25) is 5.69 Å². The Kier molecular flexibility index (Phi) is 2.79. The molecule has 1 aromatic carbocycles. The molecule has 0 saturated carbocycles. The van der Waals surface area contributed by atoms with E-state index in [0.717, 1.165) is 22.6 Å². The van der Waals surface area contributed by atoms with Crippen LogP contribution in [0.2, 0.25) is 0 Å². The maximum Gasteiger partial charge on any atom is 0.231 e. The predicted molar refractivity (Wildman–Crippen MR) is 62.4 cm³/mol. The van der Waals surface area contributed by atoms with Crippen LogP contribution in [0, 0.1) is 20.8 Å². The molecule has 1 rings (SSSR count). The standard InChI is InChI=1S/C11H17N3/c1-6-7(2)9(12)11(14-5)10(13-4)8(6)3/h14H,4,12H2,1-3,5H3/p+1. The van der Waals surface area contributed by atoms with Crippen LogP contribution in [0.1, 0.15) is 16.7 Å². The average molecular weight is 192 g/mol. The molecule has 0 unspecified atom stereocenters. The monoisotopic (exact) mass is 192 g/mol. The Morgan fingerprint density at radius 1 is 1.14 bits per heavy atom. The highest BCUT2D eigenvalue weighted by atomic mass is 14.9. The summed E-state index contributed by atoms with van der Waals surface area (Å²) >= 11 is 0. The van der Waals surface area contributed by atoms with Gasteiger partial charge in [-0.05, 0) is 31.9 Å². The second kappa shape index (κ2) is 3.70. The van der Waals surface area contributed by atoms with E-state index in [0.29, 0.717) is 0 Å². The molecule has 0 aliphatic heterocycles. The summed E-state index contributed by atoms with van der Waals surface area (Å²) in [5, 5.41) is 3.10. The van der Waals surface area contributed by atoms with E-state index in [4.69, 9.17) is 5.73 Å². The van der Waals surface area contributed by atoms with Crippen LogP contribution >= 0.6 is 0 Å². The van der Waals surface area contributed by atoms with Gasteiger partial charge in [-0.3, -0.25) is 0 Å². The van der Waals surface area contributed by atoms with Gasteiger partial charge in [0.1, 0.15) is 12.4 Å². The second-order valence-electron chi connectivity index (χ2n) is 3.47. The van der Waals surface area contributed by atoms with Crippen molar-refractivity contribution in [3.8, 4) is 0 Å². The summed E-state index contributed by atoms with van der Waals surface area (Å²) in [4.78, 5) is 2.93. The van der Waals surface area contributed by atoms with E-state index in [1.165, 1.54) is 11.1 Å². The molecule has 4 N–H and O–H groups in total. The summed E-state index contributed by atoms with van der Waals surface area (Å²) < 4.78 is 0. The second-order valence-corrected chi connectivity index (χ2v) is 3.47. The first-order chi connectivity index (χ1) is 6.54. The number of nitrogens with one attached hydrogen (secondary N) is 2. The summed E-state index contributed by atoms with van der Waals surface area (Å²) in [6, 6.07) is 0. The van der Waals surface area contributed by atoms with Gasteiger partial charge in [0.25, 0.3) is 0 Å². The van der Waals surface area contributed by atoms with Crippen LogP contribution in [-0.2, 0) is 0 Å². The number of hydrogen-bond donors (Lipinski definition) is 3. The van der Waals surface area contributed by atoms with Crippen LogP contribution in [0.3, 0.4) is 0 Å². The Bertz CT molecular complexity index is 381. The summed E-state index contributed by atoms with van der Waals surface area (Å²) in [6.45, 7) is 9.86. The molecular formula is C11H18N3+. The van der Waals surface area contributed by atoms with Crippen molar-refractivity contribution in [1.29, 1.82) is 0 Å². The largest absolute Gasteiger partial charge is 0.397 e. The zero-order valence-corrected chi connectivity index (χ0v) is 9.28. The molecular weight excluding hydrogens is 174 g/mol. The Morgan fingerprint density at radius 3 is 2.14 bits per heavy atom. The van der Waals surface area contributed by atoms with Crippen molar-refractivity contribution >= 4 is 23.8 Å². The maximum absolute atomic E-state index is 6.01. The molecule has 0 spiro atoms. The third kappa shape index (κ3) is 1.35. The van der Waals surface area contributed by atoms with Crippen LogP contribution in [-0.4, -0.2) is 13.8 Å². The fraction of sp³-hybridized carbons (Fsp3) is 0.364. The van der Waals surface area contributed by atoms with Gasteiger partial charge < -0.3 is 11.1 Å². The van der Waals surface area contributed by atoms with Crippen LogP contribution in [0.15, 0.2) is 0 Å². The summed E-state index contributed by atoms with van der Waals surface area (Å²) in [5.74, 6) is 0. The third-order valence-corrected chi connectivity index (χ3v) is 2.85. The van der Waals surface area contributed by atoms with Gasteiger partial charge in [0.15, 0.2) is 0 Å². The molecule has 3 heteroatoms. The molecule has 0 saturated heterocycles. The van der Waals surface area contributed by atoms with Crippen LogP contribution in [0.4, 0.5) is 17.1 Å². The lowest BCUT2D eigenvalue weighted by Gasteiger charge is -2.13. The zero-order chi connectivity index (χ0) is 10.9. The minimum atomic E-state index is 0.793. The van der Waals surface area contributed by atoms with Crippen molar-refractivity contribution in [2.24, 2.45) is 0 Å². The zero-order valence-electron chi connectivity index (χ0n) is 9.28. The number of benzene rings is 1. The minimum absolute atomic E-state index is 0.793.